The van der Waals surface area contributed by atoms with Gasteiger partial charge in [0.05, 0.1) is 38.6 Å². The first-order valence-electron chi connectivity index (χ1n) is 8.09. The van der Waals surface area contributed by atoms with Gasteiger partial charge in [-0.25, -0.2) is 5.43 Å². The van der Waals surface area contributed by atoms with Crippen LogP contribution >= 0.6 is 15.9 Å². The van der Waals surface area contributed by atoms with Gasteiger partial charge in [0.2, 0.25) is 0 Å². The maximum absolute atomic E-state index is 12.3. The number of amides is 1. The molecule has 1 amide bonds. The molecule has 144 valence electrons. The van der Waals surface area contributed by atoms with Crippen LogP contribution in [-0.2, 0) is 0 Å². The molecule has 0 saturated carbocycles. The largest absolute Gasteiger partial charge is 0.497 e. The second-order valence-corrected chi connectivity index (χ2v) is 6.12. The van der Waals surface area contributed by atoms with Crippen LogP contribution in [0.5, 0.6) is 23.0 Å². The van der Waals surface area contributed by atoms with Gasteiger partial charge in [0.1, 0.15) is 11.5 Å². The minimum atomic E-state index is -0.389. The van der Waals surface area contributed by atoms with Crippen LogP contribution in [0.25, 0.3) is 0 Å². The Kier molecular flexibility index (Phi) is 7.48. The quantitative estimate of drug-likeness (QED) is 0.504. The number of rotatable bonds is 8. The fourth-order valence-corrected chi connectivity index (χ4v) is 2.84. The highest BCUT2D eigenvalue weighted by Crippen LogP contribution is 2.36. The Morgan fingerprint density at radius 2 is 1.74 bits per heavy atom. The van der Waals surface area contributed by atoms with Crippen LogP contribution in [-0.4, -0.2) is 40.1 Å². The fourth-order valence-electron chi connectivity index (χ4n) is 2.27. The standard InChI is InChI=1S/C19H21BrN2O5/c1-5-27-18-16(20)6-12(7-17(18)26-4)11-21-22-19(23)13-8-14(24-2)10-15(9-13)25-3/h6-11H,5H2,1-4H3,(H,22,23)/b21-11-. The third-order valence-electron chi connectivity index (χ3n) is 3.53. The van der Waals surface area contributed by atoms with Gasteiger partial charge in [-0.2, -0.15) is 5.10 Å². The summed E-state index contributed by atoms with van der Waals surface area (Å²) in [5.74, 6) is 1.83. The van der Waals surface area contributed by atoms with E-state index in [9.17, 15) is 4.79 Å². The zero-order valence-corrected chi connectivity index (χ0v) is 17.1. The summed E-state index contributed by atoms with van der Waals surface area (Å²) in [6.45, 7) is 2.41. The number of halogens is 1. The number of nitrogens with zero attached hydrogens (tertiary/aromatic N) is 1. The molecule has 0 saturated heterocycles. The summed E-state index contributed by atoms with van der Waals surface area (Å²) in [6.07, 6.45) is 1.51. The molecular formula is C19H21BrN2O5. The van der Waals surface area contributed by atoms with Crippen molar-refractivity contribution < 1.29 is 23.7 Å². The molecule has 7 nitrogen and oxygen atoms in total. The Hall–Kier alpha value is -2.74. The van der Waals surface area contributed by atoms with Crippen LogP contribution in [0.4, 0.5) is 0 Å². The number of hydrogen-bond acceptors (Lipinski definition) is 6. The SMILES string of the molecule is CCOc1c(Br)cc(/C=N\NC(=O)c2cc(OC)cc(OC)c2)cc1OC. The number of hydrazone groups is 1. The van der Waals surface area contributed by atoms with Crippen LogP contribution in [0.2, 0.25) is 0 Å². The highest BCUT2D eigenvalue weighted by Gasteiger charge is 2.11. The summed E-state index contributed by atoms with van der Waals surface area (Å²) in [5, 5.41) is 4.00. The number of carbonyl (C=O) groups is 1. The van der Waals surface area contributed by atoms with Crippen molar-refractivity contribution in [2.24, 2.45) is 5.10 Å². The lowest BCUT2D eigenvalue weighted by atomic mass is 10.2. The lowest BCUT2D eigenvalue weighted by Crippen LogP contribution is -2.17. The molecule has 0 heterocycles. The van der Waals surface area contributed by atoms with Gasteiger partial charge in [0.15, 0.2) is 11.5 Å². The Bertz CT molecular complexity index is 817. The van der Waals surface area contributed by atoms with Gasteiger partial charge < -0.3 is 18.9 Å². The van der Waals surface area contributed by atoms with Crippen LogP contribution in [0.1, 0.15) is 22.8 Å². The van der Waals surface area contributed by atoms with Crippen LogP contribution < -0.4 is 24.4 Å². The highest BCUT2D eigenvalue weighted by atomic mass is 79.9. The molecule has 0 unspecified atom stereocenters. The number of ether oxygens (including phenoxy) is 4. The molecule has 2 rings (SSSR count). The zero-order valence-electron chi connectivity index (χ0n) is 15.5. The summed E-state index contributed by atoms with van der Waals surface area (Å²) >= 11 is 3.45. The number of nitrogens with one attached hydrogen (secondary N) is 1. The van der Waals surface area contributed by atoms with Crippen molar-refractivity contribution in [3.8, 4) is 23.0 Å². The second-order valence-electron chi connectivity index (χ2n) is 5.27. The summed E-state index contributed by atoms with van der Waals surface area (Å²) in [4.78, 5) is 12.3. The first kappa shape index (κ1) is 20.6. The van der Waals surface area contributed by atoms with Crippen molar-refractivity contribution in [2.45, 2.75) is 6.92 Å². The Morgan fingerprint density at radius 3 is 2.30 bits per heavy atom. The van der Waals surface area contributed by atoms with E-state index in [2.05, 4.69) is 26.5 Å². The summed E-state index contributed by atoms with van der Waals surface area (Å²) in [7, 11) is 4.60. The van der Waals surface area contributed by atoms with E-state index in [0.29, 0.717) is 35.2 Å². The van der Waals surface area contributed by atoms with Crippen molar-refractivity contribution in [1.29, 1.82) is 0 Å². The van der Waals surface area contributed by atoms with E-state index in [1.807, 2.05) is 13.0 Å². The van der Waals surface area contributed by atoms with E-state index in [-0.39, 0.29) is 5.91 Å². The smallest absolute Gasteiger partial charge is 0.271 e. The molecule has 27 heavy (non-hydrogen) atoms. The Balaban J connectivity index is 2.15. The molecule has 2 aromatic rings. The number of benzene rings is 2. The Morgan fingerprint density at radius 1 is 1.07 bits per heavy atom. The van der Waals surface area contributed by atoms with Gasteiger partial charge in [-0.05, 0) is 52.7 Å². The van der Waals surface area contributed by atoms with Gasteiger partial charge in [0.25, 0.3) is 5.91 Å². The van der Waals surface area contributed by atoms with Crippen molar-refractivity contribution in [1.82, 2.24) is 5.43 Å². The molecule has 0 radical (unpaired) electrons. The summed E-state index contributed by atoms with van der Waals surface area (Å²) in [5.41, 5.74) is 3.58. The van der Waals surface area contributed by atoms with E-state index in [1.165, 1.54) is 20.4 Å². The maximum Gasteiger partial charge on any atom is 0.271 e. The third-order valence-corrected chi connectivity index (χ3v) is 4.12. The molecular weight excluding hydrogens is 416 g/mol. The molecule has 0 fully saturated rings. The predicted molar refractivity (Wildman–Crippen MR) is 106 cm³/mol. The number of carbonyl (C=O) groups excluding carboxylic acids is 1. The normalized spacial score (nSPS) is 10.6. The van der Waals surface area contributed by atoms with E-state index >= 15 is 0 Å². The second kappa shape index (κ2) is 9.82. The molecule has 0 bridgehead atoms. The fraction of sp³-hybridized carbons (Fsp3) is 0.263. The monoisotopic (exact) mass is 436 g/mol. The lowest BCUT2D eigenvalue weighted by molar-refractivity contribution is 0.0954. The zero-order chi connectivity index (χ0) is 19.8. The predicted octanol–water partition coefficient (Wildman–Crippen LogP) is 3.64. The van der Waals surface area contributed by atoms with Crippen LogP contribution in [0, 0.1) is 0 Å². The molecule has 8 heteroatoms. The third kappa shape index (κ3) is 5.37. The molecule has 1 N–H and O–H groups in total. The minimum Gasteiger partial charge on any atom is -0.497 e. The average molecular weight is 437 g/mol. The van der Waals surface area contributed by atoms with E-state index in [1.54, 1.807) is 31.4 Å². The Labute approximate surface area is 166 Å². The number of methoxy groups -OCH3 is 3. The molecule has 0 aliphatic heterocycles. The van der Waals surface area contributed by atoms with E-state index in [4.69, 9.17) is 18.9 Å². The van der Waals surface area contributed by atoms with Gasteiger partial charge in [-0.15, -0.1) is 0 Å². The average Bonchev–Trinajstić information content (AvgIpc) is 2.69. The first-order valence-corrected chi connectivity index (χ1v) is 8.88. The molecule has 0 aromatic heterocycles. The van der Waals surface area contributed by atoms with Gasteiger partial charge in [-0.3, -0.25) is 4.79 Å². The minimum absolute atomic E-state index is 0.369. The summed E-state index contributed by atoms with van der Waals surface area (Å²) < 4.78 is 21.9. The molecule has 0 spiro atoms. The van der Waals surface area contributed by atoms with Crippen molar-refractivity contribution in [3.05, 3.63) is 45.9 Å². The number of hydrogen-bond donors (Lipinski definition) is 1. The van der Waals surface area contributed by atoms with Gasteiger partial charge >= 0.3 is 0 Å². The first-order chi connectivity index (χ1) is 13.0. The van der Waals surface area contributed by atoms with Crippen LogP contribution in [0.3, 0.4) is 0 Å². The van der Waals surface area contributed by atoms with Gasteiger partial charge in [0, 0.05) is 11.6 Å². The van der Waals surface area contributed by atoms with E-state index in [0.717, 1.165) is 10.0 Å². The highest BCUT2D eigenvalue weighted by molar-refractivity contribution is 9.10. The molecule has 0 aliphatic rings. The van der Waals surface area contributed by atoms with Gasteiger partial charge in [-0.1, -0.05) is 0 Å². The molecule has 0 aliphatic carbocycles. The van der Waals surface area contributed by atoms with E-state index < -0.39 is 0 Å². The van der Waals surface area contributed by atoms with Crippen molar-refractivity contribution in [3.63, 3.8) is 0 Å². The van der Waals surface area contributed by atoms with Crippen LogP contribution in [0.15, 0.2) is 39.9 Å². The lowest BCUT2D eigenvalue weighted by Gasteiger charge is -2.12. The topological polar surface area (TPSA) is 78.4 Å². The maximum atomic E-state index is 12.3. The van der Waals surface area contributed by atoms with Crippen molar-refractivity contribution in [2.75, 3.05) is 27.9 Å². The summed E-state index contributed by atoms with van der Waals surface area (Å²) in [6, 6.07) is 8.47. The molecule has 2 aromatic carbocycles. The molecule has 0 atom stereocenters. The van der Waals surface area contributed by atoms with Crippen molar-refractivity contribution >= 4 is 28.1 Å².